The van der Waals surface area contributed by atoms with Crippen LogP contribution in [-0.4, -0.2) is 48.9 Å². The van der Waals surface area contributed by atoms with Crippen molar-refractivity contribution in [3.63, 3.8) is 0 Å². The zero-order chi connectivity index (χ0) is 16.8. The summed E-state index contributed by atoms with van der Waals surface area (Å²) in [5.41, 5.74) is -0.693. The second kappa shape index (κ2) is 7.98. The van der Waals surface area contributed by atoms with Crippen molar-refractivity contribution in [1.29, 1.82) is 0 Å². The van der Waals surface area contributed by atoms with Crippen LogP contribution in [0.2, 0.25) is 0 Å². The van der Waals surface area contributed by atoms with E-state index in [2.05, 4.69) is 4.74 Å². The maximum atomic E-state index is 12.4. The highest BCUT2D eigenvalue weighted by Gasteiger charge is 2.24. The van der Waals surface area contributed by atoms with Gasteiger partial charge < -0.3 is 28.6 Å². The topological polar surface area (TPSA) is 96.2 Å². The molecule has 1 aromatic rings. The van der Waals surface area contributed by atoms with Gasteiger partial charge in [0.1, 0.15) is 5.56 Å². The number of unbranched alkanes of at least 4 members (excludes halogenated alkanes) is 1. The predicted molar refractivity (Wildman–Crippen MR) is 79.8 cm³/mol. The molecule has 0 amide bonds. The van der Waals surface area contributed by atoms with Crippen LogP contribution in [0.5, 0.6) is 11.5 Å². The van der Waals surface area contributed by atoms with Gasteiger partial charge in [-0.1, -0.05) is 13.3 Å². The van der Waals surface area contributed by atoms with Gasteiger partial charge in [-0.3, -0.25) is 4.79 Å². The minimum absolute atomic E-state index is 0.0905. The maximum Gasteiger partial charge on any atom is 0.343 e. The predicted octanol–water partition coefficient (Wildman–Crippen LogP) is 0.892. The first kappa shape index (κ1) is 17.3. The molecule has 0 bridgehead atoms. The van der Waals surface area contributed by atoms with Crippen LogP contribution in [0.25, 0.3) is 0 Å². The minimum Gasteiger partial charge on any atom is -0.503 e. The van der Waals surface area contributed by atoms with E-state index in [4.69, 9.17) is 14.2 Å². The smallest absolute Gasteiger partial charge is 0.343 e. The SMILES string of the molecule is CCCCOc1c(O)c(C(=O)OC)cn(CC2OCCO2)c1=O. The first-order chi connectivity index (χ1) is 11.1. The number of methoxy groups -OCH3 is 1. The van der Waals surface area contributed by atoms with E-state index in [9.17, 15) is 14.7 Å². The maximum absolute atomic E-state index is 12.4. The third-order valence-corrected chi connectivity index (χ3v) is 3.40. The molecule has 0 aromatic carbocycles. The lowest BCUT2D eigenvalue weighted by Crippen LogP contribution is -2.29. The van der Waals surface area contributed by atoms with E-state index in [1.807, 2.05) is 6.92 Å². The summed E-state index contributed by atoms with van der Waals surface area (Å²) in [6, 6.07) is 0. The number of aromatic nitrogens is 1. The van der Waals surface area contributed by atoms with E-state index < -0.39 is 23.6 Å². The molecule has 1 saturated heterocycles. The number of pyridine rings is 1. The average molecular weight is 327 g/mol. The standard InChI is InChI=1S/C15H21NO7/c1-3-4-5-23-13-12(17)10(15(19)20-2)8-16(14(13)18)9-11-21-6-7-22-11/h8,11,17H,3-7,9H2,1-2H3. The number of nitrogens with zero attached hydrogens (tertiary/aromatic N) is 1. The fraction of sp³-hybridized carbons (Fsp3) is 0.600. The van der Waals surface area contributed by atoms with Crippen LogP contribution < -0.4 is 10.3 Å². The summed E-state index contributed by atoms with van der Waals surface area (Å²) in [5, 5.41) is 10.2. The number of ether oxygens (including phenoxy) is 4. The Morgan fingerprint density at radius 1 is 1.43 bits per heavy atom. The summed E-state index contributed by atoms with van der Waals surface area (Å²) in [6.45, 7) is 3.22. The van der Waals surface area contributed by atoms with Crippen LogP contribution in [-0.2, 0) is 20.8 Å². The van der Waals surface area contributed by atoms with Gasteiger partial charge in [-0.05, 0) is 6.42 Å². The van der Waals surface area contributed by atoms with Crippen LogP contribution in [0.15, 0.2) is 11.0 Å². The lowest BCUT2D eigenvalue weighted by molar-refractivity contribution is -0.0532. The van der Waals surface area contributed by atoms with Crippen molar-refractivity contribution in [2.24, 2.45) is 0 Å². The summed E-state index contributed by atoms with van der Waals surface area (Å²) in [5.74, 6) is -1.54. The van der Waals surface area contributed by atoms with Gasteiger partial charge in [0.05, 0.1) is 33.5 Å². The number of hydrogen-bond donors (Lipinski definition) is 1. The van der Waals surface area contributed by atoms with Crippen molar-refractivity contribution in [3.05, 3.63) is 22.1 Å². The molecule has 1 N–H and O–H groups in total. The molecular weight excluding hydrogens is 306 g/mol. The van der Waals surface area contributed by atoms with Crippen molar-refractivity contribution < 1.29 is 28.8 Å². The van der Waals surface area contributed by atoms with Gasteiger partial charge in [0, 0.05) is 6.20 Å². The molecule has 23 heavy (non-hydrogen) atoms. The van der Waals surface area contributed by atoms with Gasteiger partial charge in [-0.2, -0.15) is 0 Å². The molecule has 0 aliphatic carbocycles. The van der Waals surface area contributed by atoms with Crippen molar-refractivity contribution in [3.8, 4) is 11.5 Å². The Kier molecular flexibility index (Phi) is 6.00. The second-order valence-corrected chi connectivity index (χ2v) is 5.04. The quantitative estimate of drug-likeness (QED) is 0.587. The molecular formula is C15H21NO7. The van der Waals surface area contributed by atoms with Crippen LogP contribution in [0, 0.1) is 0 Å². The first-order valence-corrected chi connectivity index (χ1v) is 7.49. The van der Waals surface area contributed by atoms with Crippen LogP contribution in [0.1, 0.15) is 30.1 Å². The molecule has 128 valence electrons. The number of aromatic hydroxyl groups is 1. The molecule has 0 radical (unpaired) electrons. The molecule has 0 saturated carbocycles. The Morgan fingerprint density at radius 3 is 2.74 bits per heavy atom. The van der Waals surface area contributed by atoms with Gasteiger partial charge in [0.15, 0.2) is 12.0 Å². The van der Waals surface area contributed by atoms with Crippen LogP contribution in [0.4, 0.5) is 0 Å². The Hall–Kier alpha value is -2.06. The number of rotatable bonds is 7. The third-order valence-electron chi connectivity index (χ3n) is 3.40. The summed E-state index contributed by atoms with van der Waals surface area (Å²) in [7, 11) is 1.19. The Balaban J connectivity index is 2.37. The van der Waals surface area contributed by atoms with E-state index in [-0.39, 0.29) is 24.5 Å². The average Bonchev–Trinajstić information content (AvgIpc) is 3.05. The highest BCUT2D eigenvalue weighted by Crippen LogP contribution is 2.27. The molecule has 1 aromatic heterocycles. The number of esters is 1. The largest absolute Gasteiger partial charge is 0.503 e. The van der Waals surface area contributed by atoms with Crippen LogP contribution >= 0.6 is 0 Å². The third kappa shape index (κ3) is 4.02. The highest BCUT2D eigenvalue weighted by molar-refractivity contribution is 5.92. The molecule has 0 unspecified atom stereocenters. The van der Waals surface area contributed by atoms with Crippen molar-refractivity contribution in [2.75, 3.05) is 26.9 Å². The van der Waals surface area contributed by atoms with E-state index in [0.29, 0.717) is 13.2 Å². The zero-order valence-electron chi connectivity index (χ0n) is 13.2. The molecule has 2 rings (SSSR count). The van der Waals surface area contributed by atoms with Crippen molar-refractivity contribution in [2.45, 2.75) is 32.6 Å². The van der Waals surface area contributed by atoms with Crippen molar-refractivity contribution >= 4 is 5.97 Å². The molecule has 0 spiro atoms. The Labute approximate surface area is 133 Å². The molecule has 0 atom stereocenters. The Morgan fingerprint density at radius 2 is 2.13 bits per heavy atom. The normalized spacial score (nSPS) is 14.9. The van der Waals surface area contributed by atoms with Gasteiger partial charge in [0.2, 0.25) is 5.75 Å². The summed E-state index contributed by atoms with van der Waals surface area (Å²) >= 11 is 0. The van der Waals surface area contributed by atoms with Crippen LogP contribution in [0.3, 0.4) is 0 Å². The lowest BCUT2D eigenvalue weighted by Gasteiger charge is -2.16. The van der Waals surface area contributed by atoms with E-state index in [1.54, 1.807) is 0 Å². The molecule has 2 heterocycles. The molecule has 8 nitrogen and oxygen atoms in total. The minimum atomic E-state index is -0.759. The second-order valence-electron chi connectivity index (χ2n) is 5.04. The van der Waals surface area contributed by atoms with Gasteiger partial charge in [-0.25, -0.2) is 4.79 Å². The summed E-state index contributed by atoms with van der Waals surface area (Å²) in [4.78, 5) is 24.3. The number of hydrogen-bond acceptors (Lipinski definition) is 7. The van der Waals surface area contributed by atoms with E-state index in [1.165, 1.54) is 17.9 Å². The summed E-state index contributed by atoms with van der Waals surface area (Å²) in [6.07, 6.45) is 2.23. The van der Waals surface area contributed by atoms with Gasteiger partial charge in [-0.15, -0.1) is 0 Å². The number of carbonyl (C=O) groups excluding carboxylic acids is 1. The number of carbonyl (C=O) groups is 1. The molecule has 1 fully saturated rings. The molecule has 1 aliphatic heterocycles. The van der Waals surface area contributed by atoms with E-state index in [0.717, 1.165) is 12.8 Å². The van der Waals surface area contributed by atoms with Gasteiger partial charge >= 0.3 is 5.97 Å². The zero-order valence-corrected chi connectivity index (χ0v) is 13.2. The van der Waals surface area contributed by atoms with Crippen molar-refractivity contribution in [1.82, 2.24) is 4.57 Å². The lowest BCUT2D eigenvalue weighted by atomic mass is 10.2. The fourth-order valence-corrected chi connectivity index (χ4v) is 2.15. The summed E-state index contributed by atoms with van der Waals surface area (Å²) < 4.78 is 21.8. The van der Waals surface area contributed by atoms with E-state index >= 15 is 0 Å². The molecule has 1 aliphatic rings. The first-order valence-electron chi connectivity index (χ1n) is 7.49. The fourth-order valence-electron chi connectivity index (χ4n) is 2.15. The van der Waals surface area contributed by atoms with Gasteiger partial charge in [0.25, 0.3) is 5.56 Å². The molecule has 8 heteroatoms. The monoisotopic (exact) mass is 327 g/mol. The highest BCUT2D eigenvalue weighted by atomic mass is 16.7. The Bertz CT molecular complexity index is 605.